The van der Waals surface area contributed by atoms with Crippen LogP contribution in [-0.4, -0.2) is 58.2 Å². The molecule has 0 amide bonds. The van der Waals surface area contributed by atoms with Crippen molar-refractivity contribution in [3.05, 3.63) is 35.1 Å². The minimum absolute atomic E-state index is 0.135. The van der Waals surface area contributed by atoms with Crippen molar-refractivity contribution in [2.75, 3.05) is 30.4 Å². The molecular weight excluding hydrogens is 485 g/mol. The van der Waals surface area contributed by atoms with Gasteiger partial charge in [-0.05, 0) is 55.9 Å². The fourth-order valence-corrected chi connectivity index (χ4v) is 5.91. The van der Waals surface area contributed by atoms with E-state index in [-0.39, 0.29) is 12.0 Å². The van der Waals surface area contributed by atoms with Gasteiger partial charge in [0.15, 0.2) is 0 Å². The molecule has 2 aliphatic heterocycles. The van der Waals surface area contributed by atoms with Crippen LogP contribution in [0.25, 0.3) is 23.2 Å². The molecule has 0 bridgehead atoms. The predicted octanol–water partition coefficient (Wildman–Crippen LogP) is 3.41. The summed E-state index contributed by atoms with van der Waals surface area (Å²) in [5.41, 5.74) is 1.86. The molecule has 1 aliphatic carbocycles. The van der Waals surface area contributed by atoms with Crippen LogP contribution in [0.4, 0.5) is 21.8 Å². The van der Waals surface area contributed by atoms with E-state index in [1.807, 2.05) is 24.4 Å². The van der Waals surface area contributed by atoms with Gasteiger partial charge < -0.3 is 19.5 Å². The molecule has 1 saturated heterocycles. The zero-order chi connectivity index (χ0) is 26.1. The van der Waals surface area contributed by atoms with Crippen LogP contribution in [-0.2, 0) is 9.53 Å². The van der Waals surface area contributed by atoms with Gasteiger partial charge in [-0.15, -0.1) is 0 Å². The first-order valence-corrected chi connectivity index (χ1v) is 13.4. The number of alkyl halides is 1. The van der Waals surface area contributed by atoms with Gasteiger partial charge in [-0.2, -0.15) is 4.98 Å². The van der Waals surface area contributed by atoms with Crippen LogP contribution >= 0.6 is 0 Å². The van der Waals surface area contributed by atoms with Crippen LogP contribution in [0.2, 0.25) is 0 Å². The Kier molecular flexibility index (Phi) is 6.78. The molecule has 9 nitrogen and oxygen atoms in total. The summed E-state index contributed by atoms with van der Waals surface area (Å²) in [4.78, 5) is 31.8. The maximum Gasteiger partial charge on any atom is 0.305 e. The van der Waals surface area contributed by atoms with E-state index in [4.69, 9.17) is 9.72 Å². The third-order valence-corrected chi connectivity index (χ3v) is 7.93. The molecule has 0 aromatic carbocycles. The molecule has 2 fully saturated rings. The lowest BCUT2D eigenvalue weighted by molar-refractivity contribution is -0.141. The fraction of sp³-hybridized carbons (Fsp3) is 0.464. The van der Waals surface area contributed by atoms with E-state index >= 15 is 0 Å². The minimum atomic E-state index is -1.37. The highest BCUT2D eigenvalue weighted by Crippen LogP contribution is 2.31. The van der Waals surface area contributed by atoms with Crippen molar-refractivity contribution in [2.45, 2.75) is 57.3 Å². The largest absolute Gasteiger partial charge is 0.469 e. The maximum atomic E-state index is 14.4. The predicted molar refractivity (Wildman–Crippen MR) is 146 cm³/mol. The van der Waals surface area contributed by atoms with Gasteiger partial charge in [-0.3, -0.25) is 9.79 Å². The molecular formula is C28H32FN7O2. The normalized spacial score (nSPS) is 20.1. The molecule has 3 aromatic heterocycles. The number of rotatable bonds is 6. The van der Waals surface area contributed by atoms with Crippen molar-refractivity contribution in [2.24, 2.45) is 10.9 Å². The smallest absolute Gasteiger partial charge is 0.305 e. The van der Waals surface area contributed by atoms with E-state index < -0.39 is 6.30 Å². The highest BCUT2D eigenvalue weighted by molar-refractivity contribution is 5.95. The number of fused-ring (bicyclic) bond motifs is 3. The number of aliphatic imine (C=N–C) groups is 1. The standard InChI is InChI=1S/C28H32FN7O2/c1-38-26(37)14-18-9-12-35(13-10-18)20-6-7-25(31-16-20)33-28-32-17-22-21-8-11-30-24(29)15-23(21)36(27(22)34-28)19-4-2-3-5-19/h6-8,11,15-19,24H,2-5,9-10,12-14H2,1H3,(H,31,32,33,34). The van der Waals surface area contributed by atoms with Crippen molar-refractivity contribution in [1.82, 2.24) is 19.5 Å². The van der Waals surface area contributed by atoms with Gasteiger partial charge in [-0.1, -0.05) is 12.8 Å². The number of anilines is 3. The number of pyridine rings is 1. The first-order chi connectivity index (χ1) is 18.6. The van der Waals surface area contributed by atoms with Crippen molar-refractivity contribution >= 4 is 52.8 Å². The Bertz CT molecular complexity index is 1470. The highest BCUT2D eigenvalue weighted by atomic mass is 19.1. The number of carbonyl (C=O) groups excluding carboxylic acids is 1. The molecule has 3 aromatic rings. The lowest BCUT2D eigenvalue weighted by Gasteiger charge is -2.33. The topological polar surface area (TPSA) is 97.5 Å². The van der Waals surface area contributed by atoms with E-state index in [0.29, 0.717) is 24.1 Å². The molecule has 0 spiro atoms. The Balaban J connectivity index is 1.22. The summed E-state index contributed by atoms with van der Waals surface area (Å²) in [6, 6.07) is 4.26. The zero-order valence-corrected chi connectivity index (χ0v) is 21.5. The molecule has 10 heteroatoms. The number of hydrogen-bond acceptors (Lipinski definition) is 8. The second-order valence-electron chi connectivity index (χ2n) is 10.3. The van der Waals surface area contributed by atoms with Gasteiger partial charge in [0, 0.05) is 48.6 Å². The van der Waals surface area contributed by atoms with E-state index in [1.54, 1.807) is 12.3 Å². The SMILES string of the molecule is COC(=O)CC1CCN(c2ccc(Nc3ncc4c5c(n(C6CCCC6)c4n3)=CC(F)N=CC=5)nc2)CC1. The van der Waals surface area contributed by atoms with Crippen LogP contribution in [0.15, 0.2) is 29.5 Å². The average Bonchev–Trinajstić information content (AvgIpc) is 3.51. The van der Waals surface area contributed by atoms with Crippen LogP contribution in [0.1, 0.15) is 51.0 Å². The zero-order valence-electron chi connectivity index (χ0n) is 21.5. The second-order valence-corrected chi connectivity index (χ2v) is 10.3. The molecule has 1 saturated carbocycles. The van der Waals surface area contributed by atoms with Gasteiger partial charge in [0.25, 0.3) is 0 Å². The first kappa shape index (κ1) is 24.5. The molecule has 38 heavy (non-hydrogen) atoms. The van der Waals surface area contributed by atoms with Crippen molar-refractivity contribution < 1.29 is 13.9 Å². The summed E-state index contributed by atoms with van der Waals surface area (Å²) < 4.78 is 21.4. The molecule has 198 valence electrons. The molecule has 1 unspecified atom stereocenters. The Hall–Kier alpha value is -3.82. The van der Waals surface area contributed by atoms with Gasteiger partial charge in [-0.25, -0.2) is 14.4 Å². The molecule has 1 atom stereocenters. The van der Waals surface area contributed by atoms with Gasteiger partial charge >= 0.3 is 5.97 Å². The number of nitrogens with zero attached hydrogens (tertiary/aromatic N) is 6. The quantitative estimate of drug-likeness (QED) is 0.395. The summed E-state index contributed by atoms with van der Waals surface area (Å²) in [7, 11) is 1.44. The molecule has 6 rings (SSSR count). The highest BCUT2D eigenvalue weighted by Gasteiger charge is 2.24. The number of nitrogens with one attached hydrogen (secondary N) is 1. The van der Waals surface area contributed by atoms with Crippen LogP contribution in [0.5, 0.6) is 0 Å². The number of carbonyl (C=O) groups is 1. The Morgan fingerprint density at radius 1 is 1.13 bits per heavy atom. The van der Waals surface area contributed by atoms with Crippen molar-refractivity contribution in [1.29, 1.82) is 0 Å². The number of methoxy groups -OCH3 is 1. The minimum Gasteiger partial charge on any atom is -0.469 e. The third-order valence-electron chi connectivity index (χ3n) is 7.93. The molecule has 1 N–H and O–H groups in total. The maximum absolute atomic E-state index is 14.4. The molecule has 0 radical (unpaired) electrons. The fourth-order valence-electron chi connectivity index (χ4n) is 5.91. The van der Waals surface area contributed by atoms with Gasteiger partial charge in [0.05, 0.1) is 24.3 Å². The lowest BCUT2D eigenvalue weighted by atomic mass is 9.93. The van der Waals surface area contributed by atoms with Crippen LogP contribution < -0.4 is 20.8 Å². The molecule has 5 heterocycles. The monoisotopic (exact) mass is 517 g/mol. The first-order valence-electron chi connectivity index (χ1n) is 13.4. The summed E-state index contributed by atoms with van der Waals surface area (Å²) in [5.74, 6) is 1.35. The van der Waals surface area contributed by atoms with E-state index in [2.05, 4.69) is 29.7 Å². The van der Waals surface area contributed by atoms with E-state index in [9.17, 15) is 9.18 Å². The molecule has 3 aliphatic rings. The van der Waals surface area contributed by atoms with Gasteiger partial charge in [0.1, 0.15) is 11.5 Å². The summed E-state index contributed by atoms with van der Waals surface area (Å²) in [6.45, 7) is 1.77. The summed E-state index contributed by atoms with van der Waals surface area (Å²) in [5, 5.41) is 5.89. The lowest BCUT2D eigenvalue weighted by Crippen LogP contribution is -2.34. The third kappa shape index (κ3) is 4.87. The second kappa shape index (κ2) is 10.5. The number of piperidine rings is 1. The summed E-state index contributed by atoms with van der Waals surface area (Å²) >= 11 is 0. The average molecular weight is 518 g/mol. The van der Waals surface area contributed by atoms with Crippen molar-refractivity contribution in [3.8, 4) is 0 Å². The Labute approximate surface area is 220 Å². The van der Waals surface area contributed by atoms with E-state index in [1.165, 1.54) is 13.3 Å². The number of hydrogen-bond donors (Lipinski definition) is 1. The number of esters is 1. The van der Waals surface area contributed by atoms with Gasteiger partial charge in [0.2, 0.25) is 12.2 Å². The number of aromatic nitrogens is 4. The van der Waals surface area contributed by atoms with Crippen LogP contribution in [0.3, 0.4) is 0 Å². The Morgan fingerprint density at radius 2 is 1.95 bits per heavy atom. The number of ether oxygens (including phenoxy) is 1. The van der Waals surface area contributed by atoms with Crippen LogP contribution in [0, 0.1) is 5.92 Å². The van der Waals surface area contributed by atoms with E-state index in [0.717, 1.165) is 78.9 Å². The van der Waals surface area contributed by atoms with Crippen molar-refractivity contribution in [3.63, 3.8) is 0 Å². The Morgan fingerprint density at radius 3 is 2.68 bits per heavy atom. The number of halogens is 1. The summed E-state index contributed by atoms with van der Waals surface area (Å²) in [6.07, 6.45) is 14.1.